The number of hydrogen-bond acceptors (Lipinski definition) is 5. The van der Waals surface area contributed by atoms with Gasteiger partial charge in [-0.05, 0) is 66.1 Å². The van der Waals surface area contributed by atoms with Crippen LogP contribution in [0.5, 0.6) is 11.5 Å². The number of sulfonamides is 1. The highest BCUT2D eigenvalue weighted by Gasteiger charge is 2.40. The molecule has 0 saturated carbocycles. The van der Waals surface area contributed by atoms with Crippen molar-refractivity contribution in [2.24, 2.45) is 0 Å². The van der Waals surface area contributed by atoms with Crippen LogP contribution in [-0.2, 0) is 21.2 Å². The summed E-state index contributed by atoms with van der Waals surface area (Å²) in [5.74, 6) is -0.436. The number of halogens is 1. The Balaban J connectivity index is 1.62. The summed E-state index contributed by atoms with van der Waals surface area (Å²) in [5, 5.41) is 9.20. The van der Waals surface area contributed by atoms with Gasteiger partial charge in [0.25, 0.3) is 5.91 Å². The standard InChI is InChI=1S/C22H19FN2O5S/c23-16-5-7-17(8-6-16)30-18-9-11-19(12-10-18)31(28,29)25-14-13-15-3-1-2-4-20(15)21(25)22(26)24-27/h1-12,21,27H,13-14H2,(H,24,26)/t21-/m1/s1. The van der Waals surface area contributed by atoms with Crippen LogP contribution in [-0.4, -0.2) is 30.4 Å². The van der Waals surface area contributed by atoms with E-state index in [0.717, 1.165) is 9.87 Å². The molecule has 0 fully saturated rings. The molecule has 1 amide bonds. The highest BCUT2D eigenvalue weighted by Crippen LogP contribution is 2.35. The van der Waals surface area contributed by atoms with Gasteiger partial charge in [0, 0.05) is 6.54 Å². The second-order valence-corrected chi connectivity index (χ2v) is 8.86. The number of ether oxygens (including phenoxy) is 1. The van der Waals surface area contributed by atoms with E-state index in [0.29, 0.717) is 23.5 Å². The molecule has 1 aliphatic rings. The largest absolute Gasteiger partial charge is 0.457 e. The summed E-state index contributed by atoms with van der Waals surface area (Å²) in [6, 6.07) is 17.0. The topological polar surface area (TPSA) is 95.9 Å². The fourth-order valence-electron chi connectivity index (χ4n) is 3.59. The lowest BCUT2D eigenvalue weighted by atomic mass is 9.94. The van der Waals surface area contributed by atoms with Crippen molar-refractivity contribution in [1.82, 2.24) is 9.79 Å². The predicted octanol–water partition coefficient (Wildman–Crippen LogP) is 3.41. The molecule has 0 radical (unpaired) electrons. The Morgan fingerprint density at radius 2 is 1.61 bits per heavy atom. The van der Waals surface area contributed by atoms with Gasteiger partial charge < -0.3 is 4.74 Å². The molecule has 0 aromatic heterocycles. The molecule has 160 valence electrons. The average molecular weight is 442 g/mol. The van der Waals surface area contributed by atoms with E-state index in [2.05, 4.69) is 0 Å². The van der Waals surface area contributed by atoms with Crippen molar-refractivity contribution in [3.8, 4) is 11.5 Å². The molecule has 0 bridgehead atoms. The molecule has 0 saturated heterocycles. The molecular weight excluding hydrogens is 423 g/mol. The van der Waals surface area contributed by atoms with Crippen molar-refractivity contribution in [3.63, 3.8) is 0 Å². The number of carbonyl (C=O) groups is 1. The van der Waals surface area contributed by atoms with Crippen LogP contribution in [0.25, 0.3) is 0 Å². The molecule has 31 heavy (non-hydrogen) atoms. The van der Waals surface area contributed by atoms with Gasteiger partial charge >= 0.3 is 0 Å². The zero-order chi connectivity index (χ0) is 22.0. The fourth-order valence-corrected chi connectivity index (χ4v) is 5.16. The number of benzene rings is 3. The van der Waals surface area contributed by atoms with E-state index in [9.17, 15) is 22.8 Å². The Morgan fingerprint density at radius 3 is 2.26 bits per heavy atom. The third kappa shape index (κ3) is 4.15. The number of fused-ring (bicyclic) bond motifs is 1. The normalized spacial score (nSPS) is 16.4. The van der Waals surface area contributed by atoms with E-state index >= 15 is 0 Å². The highest BCUT2D eigenvalue weighted by atomic mass is 32.2. The first-order chi connectivity index (χ1) is 14.9. The summed E-state index contributed by atoms with van der Waals surface area (Å²) in [6.07, 6.45) is 0.441. The number of hydroxylamine groups is 1. The van der Waals surface area contributed by atoms with Crippen LogP contribution < -0.4 is 10.2 Å². The second-order valence-electron chi connectivity index (χ2n) is 6.97. The molecule has 0 spiro atoms. The average Bonchev–Trinajstić information content (AvgIpc) is 2.79. The molecule has 1 aliphatic heterocycles. The smallest absolute Gasteiger partial charge is 0.266 e. The summed E-state index contributed by atoms with van der Waals surface area (Å²) in [5.41, 5.74) is 2.96. The van der Waals surface area contributed by atoms with Crippen molar-refractivity contribution in [2.75, 3.05) is 6.54 Å². The predicted molar refractivity (Wildman–Crippen MR) is 110 cm³/mol. The first kappa shape index (κ1) is 21.0. The molecule has 1 heterocycles. The molecule has 0 unspecified atom stereocenters. The van der Waals surface area contributed by atoms with Gasteiger partial charge in [0.1, 0.15) is 23.4 Å². The van der Waals surface area contributed by atoms with Crippen molar-refractivity contribution >= 4 is 15.9 Å². The number of amides is 1. The lowest BCUT2D eigenvalue weighted by Gasteiger charge is -2.34. The molecule has 4 rings (SSSR count). The Kier molecular flexibility index (Phi) is 5.73. The Bertz CT molecular complexity index is 1200. The fraction of sp³-hybridized carbons (Fsp3) is 0.136. The molecule has 3 aromatic carbocycles. The van der Waals surface area contributed by atoms with Gasteiger partial charge in [-0.15, -0.1) is 0 Å². The molecule has 3 aromatic rings. The van der Waals surface area contributed by atoms with E-state index in [4.69, 9.17) is 4.74 Å². The third-order valence-electron chi connectivity index (χ3n) is 5.08. The Labute approximate surface area is 178 Å². The number of rotatable bonds is 5. The van der Waals surface area contributed by atoms with E-state index in [1.807, 2.05) is 12.1 Å². The number of hydrogen-bond donors (Lipinski definition) is 2. The van der Waals surface area contributed by atoms with Crippen molar-refractivity contribution < 1.29 is 27.5 Å². The minimum atomic E-state index is -4.05. The maximum Gasteiger partial charge on any atom is 0.266 e. The quantitative estimate of drug-likeness (QED) is 0.466. The zero-order valence-corrected chi connectivity index (χ0v) is 17.0. The lowest BCUT2D eigenvalue weighted by molar-refractivity contribution is -0.133. The summed E-state index contributed by atoms with van der Waals surface area (Å²) in [6.45, 7) is 0.0886. The molecule has 7 nitrogen and oxygen atoms in total. The number of nitrogens with one attached hydrogen (secondary N) is 1. The summed E-state index contributed by atoms with van der Waals surface area (Å²) >= 11 is 0. The maximum atomic E-state index is 13.3. The Morgan fingerprint density at radius 1 is 1.00 bits per heavy atom. The van der Waals surface area contributed by atoms with Gasteiger partial charge in [-0.25, -0.2) is 18.3 Å². The minimum Gasteiger partial charge on any atom is -0.457 e. The van der Waals surface area contributed by atoms with E-state index in [1.54, 1.807) is 17.6 Å². The second kappa shape index (κ2) is 8.46. The molecule has 9 heteroatoms. The van der Waals surface area contributed by atoms with E-state index in [-0.39, 0.29) is 11.4 Å². The lowest BCUT2D eigenvalue weighted by Crippen LogP contribution is -2.46. The van der Waals surface area contributed by atoms with Crippen LogP contribution >= 0.6 is 0 Å². The minimum absolute atomic E-state index is 0.0194. The number of nitrogens with zero attached hydrogens (tertiary/aromatic N) is 1. The monoisotopic (exact) mass is 442 g/mol. The van der Waals surface area contributed by atoms with Crippen LogP contribution in [0, 0.1) is 5.82 Å². The van der Waals surface area contributed by atoms with E-state index < -0.39 is 27.8 Å². The van der Waals surface area contributed by atoms with E-state index in [1.165, 1.54) is 48.5 Å². The van der Waals surface area contributed by atoms with Gasteiger partial charge in [0.15, 0.2) is 0 Å². The van der Waals surface area contributed by atoms with Crippen LogP contribution in [0.1, 0.15) is 17.2 Å². The van der Waals surface area contributed by atoms with Gasteiger partial charge in [-0.1, -0.05) is 24.3 Å². The van der Waals surface area contributed by atoms with Crippen molar-refractivity contribution in [2.45, 2.75) is 17.4 Å². The summed E-state index contributed by atoms with van der Waals surface area (Å²) in [7, 11) is -4.05. The molecule has 1 atom stereocenters. The first-order valence-electron chi connectivity index (χ1n) is 9.47. The summed E-state index contributed by atoms with van der Waals surface area (Å²) < 4.78 is 46.3. The maximum absolute atomic E-state index is 13.3. The van der Waals surface area contributed by atoms with Crippen molar-refractivity contribution in [3.05, 3.63) is 89.7 Å². The summed E-state index contributed by atoms with van der Waals surface area (Å²) in [4.78, 5) is 12.4. The number of carbonyl (C=O) groups excluding carboxylic acids is 1. The van der Waals surface area contributed by atoms with Crippen molar-refractivity contribution in [1.29, 1.82) is 0 Å². The zero-order valence-electron chi connectivity index (χ0n) is 16.2. The third-order valence-corrected chi connectivity index (χ3v) is 6.96. The van der Waals surface area contributed by atoms with Crippen LogP contribution in [0.3, 0.4) is 0 Å². The van der Waals surface area contributed by atoms with Gasteiger partial charge in [0.05, 0.1) is 4.90 Å². The van der Waals surface area contributed by atoms with Crippen LogP contribution in [0.2, 0.25) is 0 Å². The van der Waals surface area contributed by atoms with Crippen LogP contribution in [0.4, 0.5) is 4.39 Å². The molecular formula is C22H19FN2O5S. The first-order valence-corrected chi connectivity index (χ1v) is 10.9. The van der Waals surface area contributed by atoms with Crippen LogP contribution in [0.15, 0.2) is 77.7 Å². The molecule has 0 aliphatic carbocycles. The molecule has 2 N–H and O–H groups in total. The Hall–Kier alpha value is -3.27. The van der Waals surface area contributed by atoms with Gasteiger partial charge in [0.2, 0.25) is 10.0 Å². The highest BCUT2D eigenvalue weighted by molar-refractivity contribution is 7.89. The SMILES string of the molecule is O=C(NO)[C@H]1c2ccccc2CCN1S(=O)(=O)c1ccc(Oc2ccc(F)cc2)cc1. The van der Waals surface area contributed by atoms with Gasteiger partial charge in [-0.3, -0.25) is 10.0 Å². The van der Waals surface area contributed by atoms with Gasteiger partial charge in [-0.2, -0.15) is 4.31 Å².